The van der Waals surface area contributed by atoms with Crippen LogP contribution in [0.1, 0.15) is 6.92 Å². The number of hydrogen-bond acceptors (Lipinski definition) is 5. The van der Waals surface area contributed by atoms with Crippen LogP contribution in [0.15, 0.2) is 18.5 Å². The van der Waals surface area contributed by atoms with Crippen molar-refractivity contribution in [3.05, 3.63) is 18.5 Å². The average Bonchev–Trinajstić information content (AvgIpc) is 2.30. The van der Waals surface area contributed by atoms with E-state index in [1.807, 2.05) is 6.07 Å². The van der Waals surface area contributed by atoms with Crippen molar-refractivity contribution in [2.24, 2.45) is 0 Å². The molecule has 5 nitrogen and oxygen atoms in total. The van der Waals surface area contributed by atoms with Gasteiger partial charge < -0.3 is 15.8 Å². The molecule has 94 valence electrons. The molecule has 3 N–H and O–H groups in total. The van der Waals surface area contributed by atoms with Crippen molar-refractivity contribution in [2.75, 3.05) is 43.9 Å². The molecule has 1 aliphatic rings. The van der Waals surface area contributed by atoms with E-state index >= 15 is 0 Å². The summed E-state index contributed by atoms with van der Waals surface area (Å²) in [6.45, 7) is 6.89. The lowest BCUT2D eigenvalue weighted by Gasteiger charge is -2.29. The van der Waals surface area contributed by atoms with Crippen molar-refractivity contribution < 1.29 is 4.74 Å². The smallest absolute Gasteiger partial charge is 0.0594 e. The predicted molar refractivity (Wildman–Crippen MR) is 69.0 cm³/mol. The van der Waals surface area contributed by atoms with E-state index in [1.54, 1.807) is 12.4 Å². The van der Waals surface area contributed by atoms with Crippen LogP contribution in [0.3, 0.4) is 0 Å². The number of nitrogen functional groups attached to an aromatic ring is 1. The number of nitrogens with one attached hydrogen (secondary N) is 1. The molecule has 1 atom stereocenters. The van der Waals surface area contributed by atoms with Crippen LogP contribution in [0.5, 0.6) is 0 Å². The molecule has 0 saturated carbocycles. The molecule has 0 aliphatic carbocycles. The summed E-state index contributed by atoms with van der Waals surface area (Å²) in [5.41, 5.74) is 7.36. The Morgan fingerprint density at radius 1 is 1.47 bits per heavy atom. The molecule has 1 aliphatic heterocycles. The minimum atomic E-state index is 0.372. The fourth-order valence-electron chi connectivity index (χ4n) is 2.04. The number of nitrogens with two attached hydrogens (primary N) is 1. The maximum atomic E-state index is 5.69. The highest BCUT2D eigenvalue weighted by molar-refractivity contribution is 5.51. The van der Waals surface area contributed by atoms with Gasteiger partial charge in [-0.05, 0) is 13.0 Å². The Kier molecular flexibility index (Phi) is 4.17. The number of nitrogens with zero attached hydrogens (tertiary/aromatic N) is 2. The standard InChI is InChI=1S/C12H20N4O/c1-10(9-16-2-4-17-5-3-16)15-12-6-11(13)7-14-8-12/h6-8,10,15H,2-5,9,13H2,1H3. The molecule has 1 aromatic rings. The number of hydrogen-bond donors (Lipinski definition) is 2. The van der Waals surface area contributed by atoms with Gasteiger partial charge in [-0.15, -0.1) is 0 Å². The lowest BCUT2D eigenvalue weighted by molar-refractivity contribution is 0.0368. The topological polar surface area (TPSA) is 63.4 Å². The highest BCUT2D eigenvalue weighted by Crippen LogP contribution is 2.11. The van der Waals surface area contributed by atoms with Crippen LogP contribution in [-0.2, 0) is 4.74 Å². The molecule has 0 bridgehead atoms. The first-order chi connectivity index (χ1) is 8.24. The first-order valence-electron chi connectivity index (χ1n) is 6.01. The Bertz CT molecular complexity index is 352. The molecule has 1 saturated heterocycles. The molecule has 0 amide bonds. The van der Waals surface area contributed by atoms with E-state index in [0.717, 1.165) is 38.5 Å². The molecule has 0 spiro atoms. The van der Waals surface area contributed by atoms with Crippen LogP contribution in [0.25, 0.3) is 0 Å². The Morgan fingerprint density at radius 2 is 2.24 bits per heavy atom. The van der Waals surface area contributed by atoms with Crippen LogP contribution in [-0.4, -0.2) is 48.8 Å². The second-order valence-corrected chi connectivity index (χ2v) is 4.47. The summed E-state index contributed by atoms with van der Waals surface area (Å²) >= 11 is 0. The number of morpholine rings is 1. The lowest BCUT2D eigenvalue weighted by Crippen LogP contribution is -2.42. The third kappa shape index (κ3) is 3.87. The number of rotatable bonds is 4. The summed E-state index contributed by atoms with van der Waals surface area (Å²) in [7, 11) is 0. The van der Waals surface area contributed by atoms with Gasteiger partial charge in [-0.1, -0.05) is 0 Å². The van der Waals surface area contributed by atoms with Crippen LogP contribution in [0.4, 0.5) is 11.4 Å². The van der Waals surface area contributed by atoms with E-state index < -0.39 is 0 Å². The largest absolute Gasteiger partial charge is 0.397 e. The number of aromatic nitrogens is 1. The molecule has 1 fully saturated rings. The van der Waals surface area contributed by atoms with Gasteiger partial charge in [0.2, 0.25) is 0 Å². The Balaban J connectivity index is 1.82. The molecule has 0 aromatic carbocycles. The Morgan fingerprint density at radius 3 is 2.94 bits per heavy atom. The molecule has 2 rings (SSSR count). The van der Waals surface area contributed by atoms with E-state index in [4.69, 9.17) is 10.5 Å². The molecule has 0 radical (unpaired) electrons. The summed E-state index contributed by atoms with van der Waals surface area (Å²) < 4.78 is 5.33. The molecule has 5 heteroatoms. The van der Waals surface area contributed by atoms with E-state index in [2.05, 4.69) is 22.1 Å². The van der Waals surface area contributed by atoms with Crippen LogP contribution in [0, 0.1) is 0 Å². The summed E-state index contributed by atoms with van der Waals surface area (Å²) in [5.74, 6) is 0. The van der Waals surface area contributed by atoms with Crippen molar-refractivity contribution in [1.29, 1.82) is 0 Å². The minimum absolute atomic E-state index is 0.372. The maximum Gasteiger partial charge on any atom is 0.0594 e. The second kappa shape index (κ2) is 5.84. The van der Waals surface area contributed by atoms with Crippen molar-refractivity contribution in [3.63, 3.8) is 0 Å². The minimum Gasteiger partial charge on any atom is -0.397 e. The predicted octanol–water partition coefficient (Wildman–Crippen LogP) is 0.796. The van der Waals surface area contributed by atoms with Gasteiger partial charge in [0.15, 0.2) is 0 Å². The molecule has 17 heavy (non-hydrogen) atoms. The highest BCUT2D eigenvalue weighted by atomic mass is 16.5. The zero-order chi connectivity index (χ0) is 12.1. The molecule has 2 heterocycles. The van der Waals surface area contributed by atoms with Gasteiger partial charge in [-0.3, -0.25) is 9.88 Å². The third-order valence-corrected chi connectivity index (χ3v) is 2.81. The number of ether oxygens (including phenoxy) is 1. The fourth-order valence-corrected chi connectivity index (χ4v) is 2.04. The molecular weight excluding hydrogens is 216 g/mol. The van der Waals surface area contributed by atoms with E-state index in [9.17, 15) is 0 Å². The van der Waals surface area contributed by atoms with Gasteiger partial charge >= 0.3 is 0 Å². The average molecular weight is 236 g/mol. The second-order valence-electron chi connectivity index (χ2n) is 4.47. The van der Waals surface area contributed by atoms with Crippen LogP contribution >= 0.6 is 0 Å². The van der Waals surface area contributed by atoms with Gasteiger partial charge in [-0.2, -0.15) is 0 Å². The van der Waals surface area contributed by atoms with Gasteiger partial charge in [0.1, 0.15) is 0 Å². The van der Waals surface area contributed by atoms with Crippen LogP contribution in [0.2, 0.25) is 0 Å². The van der Waals surface area contributed by atoms with Gasteiger partial charge in [0.05, 0.1) is 30.8 Å². The van der Waals surface area contributed by atoms with Crippen molar-refractivity contribution in [3.8, 4) is 0 Å². The zero-order valence-corrected chi connectivity index (χ0v) is 10.2. The van der Waals surface area contributed by atoms with Gasteiger partial charge in [0, 0.05) is 31.9 Å². The van der Waals surface area contributed by atoms with Gasteiger partial charge in [-0.25, -0.2) is 0 Å². The Labute approximate surface area is 102 Å². The zero-order valence-electron chi connectivity index (χ0n) is 10.2. The fraction of sp³-hybridized carbons (Fsp3) is 0.583. The summed E-state index contributed by atoms with van der Waals surface area (Å²) in [5, 5.41) is 3.41. The first kappa shape index (κ1) is 12.1. The summed E-state index contributed by atoms with van der Waals surface area (Å²) in [6, 6.07) is 2.28. The number of pyridine rings is 1. The SMILES string of the molecule is CC(CN1CCOCC1)Nc1cncc(N)c1. The lowest BCUT2D eigenvalue weighted by atomic mass is 10.2. The quantitative estimate of drug-likeness (QED) is 0.809. The van der Waals surface area contributed by atoms with E-state index in [1.165, 1.54) is 0 Å². The van der Waals surface area contributed by atoms with Crippen molar-refractivity contribution in [1.82, 2.24) is 9.88 Å². The first-order valence-corrected chi connectivity index (χ1v) is 6.01. The number of anilines is 2. The van der Waals surface area contributed by atoms with Crippen molar-refractivity contribution in [2.45, 2.75) is 13.0 Å². The van der Waals surface area contributed by atoms with Gasteiger partial charge in [0.25, 0.3) is 0 Å². The summed E-state index contributed by atoms with van der Waals surface area (Å²) in [4.78, 5) is 6.47. The van der Waals surface area contributed by atoms with Crippen LogP contribution < -0.4 is 11.1 Å². The summed E-state index contributed by atoms with van der Waals surface area (Å²) in [6.07, 6.45) is 3.45. The Hall–Kier alpha value is -1.33. The third-order valence-electron chi connectivity index (χ3n) is 2.81. The monoisotopic (exact) mass is 236 g/mol. The highest BCUT2D eigenvalue weighted by Gasteiger charge is 2.13. The maximum absolute atomic E-state index is 5.69. The van der Waals surface area contributed by atoms with Crippen molar-refractivity contribution >= 4 is 11.4 Å². The van der Waals surface area contributed by atoms with E-state index in [-0.39, 0.29) is 0 Å². The molecular formula is C12H20N4O. The molecule has 1 unspecified atom stereocenters. The molecule has 1 aromatic heterocycles. The van der Waals surface area contributed by atoms with E-state index in [0.29, 0.717) is 11.7 Å². The normalized spacial score (nSPS) is 18.9.